The fourth-order valence-corrected chi connectivity index (χ4v) is 3.19. The van der Waals surface area contributed by atoms with Crippen molar-refractivity contribution in [3.8, 4) is 0 Å². The molecule has 1 fully saturated rings. The Bertz CT molecular complexity index is 377. The first kappa shape index (κ1) is 12.8. The van der Waals surface area contributed by atoms with Crippen LogP contribution in [0.5, 0.6) is 0 Å². The van der Waals surface area contributed by atoms with Crippen LogP contribution in [0.25, 0.3) is 0 Å². The van der Waals surface area contributed by atoms with E-state index in [2.05, 4.69) is 15.5 Å². The Morgan fingerprint density at radius 2 is 2.53 bits per heavy atom. The van der Waals surface area contributed by atoms with Crippen molar-refractivity contribution in [1.29, 1.82) is 0 Å². The van der Waals surface area contributed by atoms with Gasteiger partial charge in [-0.15, -0.1) is 10.2 Å². The first-order chi connectivity index (χ1) is 8.24. The lowest BCUT2D eigenvalue weighted by atomic mass is 10.2. The van der Waals surface area contributed by atoms with E-state index in [0.717, 1.165) is 28.8 Å². The molecule has 1 aromatic heterocycles. The van der Waals surface area contributed by atoms with Gasteiger partial charge in [0.1, 0.15) is 5.01 Å². The van der Waals surface area contributed by atoms with Gasteiger partial charge in [0.25, 0.3) is 0 Å². The monoisotopic (exact) mass is 273 g/mol. The van der Waals surface area contributed by atoms with Gasteiger partial charge in [-0.25, -0.2) is 0 Å². The van der Waals surface area contributed by atoms with Gasteiger partial charge in [-0.05, 0) is 19.8 Å². The topological polar surface area (TPSA) is 64.1 Å². The largest absolute Gasteiger partial charge is 0.376 e. The SMILES string of the molecule is Cc1nnc(SCC(=O)NC[C@@H]2CCCO2)s1. The number of aryl methyl sites for hydroxylation is 1. The van der Waals surface area contributed by atoms with Crippen LogP contribution < -0.4 is 5.32 Å². The zero-order chi connectivity index (χ0) is 12.1. The van der Waals surface area contributed by atoms with E-state index < -0.39 is 0 Å². The predicted octanol–water partition coefficient (Wildman–Crippen LogP) is 1.23. The summed E-state index contributed by atoms with van der Waals surface area (Å²) in [6.07, 6.45) is 2.34. The third-order valence-corrected chi connectivity index (χ3v) is 4.36. The summed E-state index contributed by atoms with van der Waals surface area (Å²) in [5.74, 6) is 0.416. The summed E-state index contributed by atoms with van der Waals surface area (Å²) < 4.78 is 6.27. The van der Waals surface area contributed by atoms with Crippen molar-refractivity contribution in [2.75, 3.05) is 18.9 Å². The highest BCUT2D eigenvalue weighted by Crippen LogP contribution is 2.21. The number of amides is 1. The summed E-state index contributed by atoms with van der Waals surface area (Å²) in [5.41, 5.74) is 0. The third kappa shape index (κ3) is 4.25. The molecule has 5 nitrogen and oxygen atoms in total. The van der Waals surface area contributed by atoms with Gasteiger partial charge in [0.15, 0.2) is 4.34 Å². The highest BCUT2D eigenvalue weighted by atomic mass is 32.2. The van der Waals surface area contributed by atoms with Crippen molar-refractivity contribution >= 4 is 29.0 Å². The zero-order valence-corrected chi connectivity index (χ0v) is 11.3. The van der Waals surface area contributed by atoms with Crippen molar-refractivity contribution in [3.05, 3.63) is 5.01 Å². The quantitative estimate of drug-likeness (QED) is 0.818. The number of nitrogens with one attached hydrogen (secondary N) is 1. The van der Waals surface area contributed by atoms with Crippen LogP contribution in [0, 0.1) is 6.92 Å². The Hall–Kier alpha value is -0.660. The van der Waals surface area contributed by atoms with Crippen LogP contribution in [0.15, 0.2) is 4.34 Å². The van der Waals surface area contributed by atoms with Crippen molar-refractivity contribution in [2.45, 2.75) is 30.2 Å². The van der Waals surface area contributed by atoms with Crippen molar-refractivity contribution in [3.63, 3.8) is 0 Å². The van der Waals surface area contributed by atoms with E-state index in [1.807, 2.05) is 6.92 Å². The maximum absolute atomic E-state index is 11.5. The highest BCUT2D eigenvalue weighted by molar-refractivity contribution is 8.01. The van der Waals surface area contributed by atoms with E-state index in [9.17, 15) is 4.79 Å². The van der Waals surface area contributed by atoms with Gasteiger partial charge in [0.05, 0.1) is 11.9 Å². The van der Waals surface area contributed by atoms with Crippen LogP contribution >= 0.6 is 23.1 Å². The molecule has 94 valence electrons. The minimum absolute atomic E-state index is 0.0263. The third-order valence-electron chi connectivity index (χ3n) is 2.39. The minimum atomic E-state index is 0.0263. The van der Waals surface area contributed by atoms with Crippen LogP contribution in [0.4, 0.5) is 0 Å². The lowest BCUT2D eigenvalue weighted by molar-refractivity contribution is -0.119. The zero-order valence-electron chi connectivity index (χ0n) is 9.64. The molecule has 1 aliphatic rings. The number of ether oxygens (including phenoxy) is 1. The molecule has 0 saturated carbocycles. The predicted molar refractivity (Wildman–Crippen MR) is 67.4 cm³/mol. The molecule has 2 heterocycles. The molecular weight excluding hydrogens is 258 g/mol. The molecule has 0 aliphatic carbocycles. The summed E-state index contributed by atoms with van der Waals surface area (Å²) in [6, 6.07) is 0. The molecule has 1 amide bonds. The number of aromatic nitrogens is 2. The number of thioether (sulfide) groups is 1. The highest BCUT2D eigenvalue weighted by Gasteiger charge is 2.16. The fraction of sp³-hybridized carbons (Fsp3) is 0.700. The van der Waals surface area contributed by atoms with E-state index in [1.54, 1.807) is 0 Å². The average molecular weight is 273 g/mol. The molecule has 1 aromatic rings. The Balaban J connectivity index is 1.63. The fourth-order valence-electron chi connectivity index (χ4n) is 1.55. The number of rotatable bonds is 5. The van der Waals surface area contributed by atoms with E-state index in [0.29, 0.717) is 12.3 Å². The van der Waals surface area contributed by atoms with Gasteiger partial charge in [-0.3, -0.25) is 4.79 Å². The first-order valence-electron chi connectivity index (χ1n) is 5.55. The van der Waals surface area contributed by atoms with Crippen molar-refractivity contribution in [2.24, 2.45) is 0 Å². The van der Waals surface area contributed by atoms with Crippen LogP contribution in [-0.2, 0) is 9.53 Å². The molecule has 7 heteroatoms. The normalized spacial score (nSPS) is 19.5. The second-order valence-corrected chi connectivity index (χ2v) is 6.22. The summed E-state index contributed by atoms with van der Waals surface area (Å²) in [6.45, 7) is 3.34. The summed E-state index contributed by atoms with van der Waals surface area (Å²) in [7, 11) is 0. The number of carbonyl (C=O) groups excluding carboxylic acids is 1. The summed E-state index contributed by atoms with van der Waals surface area (Å²) >= 11 is 2.93. The molecule has 0 aromatic carbocycles. The van der Waals surface area contributed by atoms with Gasteiger partial charge < -0.3 is 10.1 Å². The molecule has 0 radical (unpaired) electrons. The molecule has 1 atom stereocenters. The molecule has 0 bridgehead atoms. The van der Waals surface area contributed by atoms with Gasteiger partial charge in [-0.2, -0.15) is 0 Å². The second-order valence-electron chi connectivity index (χ2n) is 3.81. The molecule has 1 aliphatic heterocycles. The van der Waals surface area contributed by atoms with E-state index in [4.69, 9.17) is 4.74 Å². The molecule has 0 spiro atoms. The van der Waals surface area contributed by atoms with Crippen LogP contribution in [0.1, 0.15) is 17.8 Å². The lowest BCUT2D eigenvalue weighted by Gasteiger charge is -2.09. The maximum atomic E-state index is 11.5. The summed E-state index contributed by atoms with van der Waals surface area (Å²) in [4.78, 5) is 11.5. The molecule has 1 saturated heterocycles. The Labute approximate surface area is 108 Å². The first-order valence-corrected chi connectivity index (χ1v) is 7.35. The molecule has 2 rings (SSSR count). The maximum Gasteiger partial charge on any atom is 0.230 e. The number of nitrogens with zero attached hydrogens (tertiary/aromatic N) is 2. The number of hydrogen-bond acceptors (Lipinski definition) is 6. The Kier molecular flexibility index (Phi) is 4.75. The standard InChI is InChI=1S/C10H15N3O2S2/c1-7-12-13-10(17-7)16-6-9(14)11-5-8-3-2-4-15-8/h8H,2-6H2,1H3,(H,11,14)/t8-/m0/s1. The van der Waals surface area contributed by atoms with Crippen LogP contribution in [0.2, 0.25) is 0 Å². The van der Waals surface area contributed by atoms with Gasteiger partial charge in [0.2, 0.25) is 5.91 Å². The molecule has 17 heavy (non-hydrogen) atoms. The Morgan fingerprint density at radius 3 is 3.18 bits per heavy atom. The summed E-state index contributed by atoms with van der Waals surface area (Å²) in [5, 5.41) is 11.6. The molecular formula is C10H15N3O2S2. The van der Waals surface area contributed by atoms with E-state index in [-0.39, 0.29) is 12.0 Å². The van der Waals surface area contributed by atoms with Crippen LogP contribution in [-0.4, -0.2) is 41.1 Å². The second kappa shape index (κ2) is 6.32. The smallest absolute Gasteiger partial charge is 0.230 e. The molecule has 0 unspecified atom stereocenters. The Morgan fingerprint density at radius 1 is 1.65 bits per heavy atom. The molecule has 1 N–H and O–H groups in total. The average Bonchev–Trinajstić information content (AvgIpc) is 2.95. The van der Waals surface area contributed by atoms with Gasteiger partial charge in [0, 0.05) is 13.2 Å². The van der Waals surface area contributed by atoms with Crippen LogP contribution in [0.3, 0.4) is 0 Å². The van der Waals surface area contributed by atoms with E-state index >= 15 is 0 Å². The number of hydrogen-bond donors (Lipinski definition) is 1. The van der Waals surface area contributed by atoms with Gasteiger partial charge >= 0.3 is 0 Å². The lowest BCUT2D eigenvalue weighted by Crippen LogP contribution is -2.32. The number of carbonyl (C=O) groups is 1. The van der Waals surface area contributed by atoms with E-state index in [1.165, 1.54) is 23.1 Å². The van der Waals surface area contributed by atoms with Gasteiger partial charge in [-0.1, -0.05) is 23.1 Å². The van der Waals surface area contributed by atoms with Crippen molar-refractivity contribution in [1.82, 2.24) is 15.5 Å². The minimum Gasteiger partial charge on any atom is -0.376 e. The van der Waals surface area contributed by atoms with Crippen molar-refractivity contribution < 1.29 is 9.53 Å².